The molecule has 0 atom stereocenters. The van der Waals surface area contributed by atoms with E-state index < -0.39 is 0 Å². The molecule has 1 heteroatoms. The van der Waals surface area contributed by atoms with Gasteiger partial charge in [0.05, 0.1) is 0 Å². The molecule has 1 rings (SSSR count). The fraction of sp³-hybridized carbons (Fsp3) is 0.733. The lowest BCUT2D eigenvalue weighted by Gasteiger charge is -2.26. The highest BCUT2D eigenvalue weighted by Crippen LogP contribution is 2.34. The van der Waals surface area contributed by atoms with Gasteiger partial charge < -0.3 is 0 Å². The van der Waals surface area contributed by atoms with Crippen LogP contribution in [0, 0.1) is 5.92 Å². The van der Waals surface area contributed by atoms with Crippen LogP contribution in [0.4, 0.5) is 0 Å². The monoisotopic (exact) mass is 332 g/mol. The number of hydrogen-bond donors (Lipinski definition) is 0. The van der Waals surface area contributed by atoms with E-state index in [0.717, 1.165) is 5.92 Å². The normalized spacial score (nSPS) is 18.8. The summed E-state index contributed by atoms with van der Waals surface area (Å²) in [6.45, 7) is 13.0. The van der Waals surface area contributed by atoms with Crippen LogP contribution in [0.25, 0.3) is 0 Å². The average Bonchev–Trinajstić information content (AvgIpc) is 2.16. The quantitative estimate of drug-likeness (QED) is 0.345. The van der Waals surface area contributed by atoms with Gasteiger partial charge in [0.2, 0.25) is 0 Å². The maximum Gasteiger partial charge on any atom is 0.0166 e. The second-order valence-electron chi connectivity index (χ2n) is 5.75. The third-order valence-electron chi connectivity index (χ3n) is 3.54. The Kier molecular flexibility index (Phi) is 5.55. The average molecular weight is 332 g/mol. The van der Waals surface area contributed by atoms with Crippen LogP contribution in [0.3, 0.4) is 0 Å². The molecule has 1 fully saturated rings. The highest BCUT2D eigenvalue weighted by atomic mass is 127. The van der Waals surface area contributed by atoms with Crippen LogP contribution in [-0.2, 0) is 0 Å². The molecule has 1 aliphatic rings. The SMILES string of the molecule is C=C1CCC(C(=C)CCCC(C)(C)I)CC1. The van der Waals surface area contributed by atoms with Gasteiger partial charge in [0.25, 0.3) is 0 Å². The molecular weight excluding hydrogens is 307 g/mol. The number of hydrogen-bond acceptors (Lipinski definition) is 0. The molecule has 0 nitrogen and oxygen atoms in total. The minimum atomic E-state index is 0.443. The van der Waals surface area contributed by atoms with Gasteiger partial charge in [0, 0.05) is 3.42 Å². The molecule has 0 spiro atoms. The second kappa shape index (κ2) is 6.23. The topological polar surface area (TPSA) is 0 Å². The molecule has 0 N–H and O–H groups in total. The van der Waals surface area contributed by atoms with Crippen molar-refractivity contribution < 1.29 is 0 Å². The van der Waals surface area contributed by atoms with Gasteiger partial charge >= 0.3 is 0 Å². The minimum absolute atomic E-state index is 0.443. The molecule has 0 unspecified atom stereocenters. The molecule has 92 valence electrons. The zero-order valence-corrected chi connectivity index (χ0v) is 13.0. The zero-order chi connectivity index (χ0) is 12.2. The summed E-state index contributed by atoms with van der Waals surface area (Å²) in [7, 11) is 0. The molecule has 0 bridgehead atoms. The van der Waals surface area contributed by atoms with E-state index in [9.17, 15) is 0 Å². The van der Waals surface area contributed by atoms with Crippen molar-refractivity contribution >= 4 is 22.6 Å². The Hall–Kier alpha value is 0.210. The standard InChI is InChI=1S/C15H25I/c1-12-7-9-14(10-8-12)13(2)6-5-11-15(3,4)16/h14H,1-2,5-11H2,3-4H3. The van der Waals surface area contributed by atoms with Crippen molar-refractivity contribution in [2.45, 2.75) is 62.2 Å². The summed E-state index contributed by atoms with van der Waals surface area (Å²) in [6, 6.07) is 0. The van der Waals surface area contributed by atoms with Crippen molar-refractivity contribution in [3.8, 4) is 0 Å². The maximum atomic E-state index is 4.29. The lowest BCUT2D eigenvalue weighted by atomic mass is 9.80. The number of halogens is 1. The fourth-order valence-corrected chi connectivity index (χ4v) is 2.76. The van der Waals surface area contributed by atoms with Crippen molar-refractivity contribution in [1.82, 2.24) is 0 Å². The van der Waals surface area contributed by atoms with E-state index in [4.69, 9.17) is 0 Å². The van der Waals surface area contributed by atoms with Crippen molar-refractivity contribution in [1.29, 1.82) is 0 Å². The van der Waals surface area contributed by atoms with E-state index in [-0.39, 0.29) is 0 Å². The van der Waals surface area contributed by atoms with E-state index in [1.807, 2.05) is 0 Å². The fourth-order valence-electron chi connectivity index (χ4n) is 2.37. The van der Waals surface area contributed by atoms with Crippen LogP contribution in [0.5, 0.6) is 0 Å². The largest absolute Gasteiger partial charge is 0.0999 e. The van der Waals surface area contributed by atoms with Crippen LogP contribution in [0.1, 0.15) is 58.8 Å². The summed E-state index contributed by atoms with van der Waals surface area (Å²) in [5.74, 6) is 0.780. The van der Waals surface area contributed by atoms with Crippen LogP contribution < -0.4 is 0 Å². The Bertz CT molecular complexity index is 247. The van der Waals surface area contributed by atoms with E-state index in [2.05, 4.69) is 49.6 Å². The van der Waals surface area contributed by atoms with Crippen molar-refractivity contribution in [2.75, 3.05) is 0 Å². The Morgan fingerprint density at radius 3 is 2.44 bits per heavy atom. The first kappa shape index (κ1) is 14.3. The van der Waals surface area contributed by atoms with E-state index in [1.165, 1.54) is 56.1 Å². The van der Waals surface area contributed by atoms with Crippen LogP contribution >= 0.6 is 22.6 Å². The molecule has 0 heterocycles. The van der Waals surface area contributed by atoms with E-state index in [1.54, 1.807) is 0 Å². The summed E-state index contributed by atoms with van der Waals surface area (Å²) >= 11 is 2.54. The number of allylic oxidation sites excluding steroid dienone is 2. The van der Waals surface area contributed by atoms with Gasteiger partial charge in [-0.3, -0.25) is 0 Å². The molecule has 0 aromatic rings. The molecule has 0 saturated heterocycles. The molecule has 16 heavy (non-hydrogen) atoms. The summed E-state index contributed by atoms with van der Waals surface area (Å²) in [6.07, 6.45) is 8.86. The number of alkyl halides is 1. The van der Waals surface area contributed by atoms with Gasteiger partial charge in [-0.2, -0.15) is 0 Å². The molecule has 0 amide bonds. The van der Waals surface area contributed by atoms with Gasteiger partial charge in [-0.15, -0.1) is 0 Å². The third kappa shape index (κ3) is 5.51. The molecule has 0 aromatic heterocycles. The molecule has 0 radical (unpaired) electrons. The molecule has 1 saturated carbocycles. The van der Waals surface area contributed by atoms with Crippen molar-refractivity contribution in [3.05, 3.63) is 24.3 Å². The highest BCUT2D eigenvalue weighted by molar-refractivity contribution is 14.1. The Balaban J connectivity index is 2.22. The highest BCUT2D eigenvalue weighted by Gasteiger charge is 2.19. The predicted octanol–water partition coefficient (Wildman–Crippen LogP) is 5.67. The van der Waals surface area contributed by atoms with Crippen molar-refractivity contribution in [3.63, 3.8) is 0 Å². The molecule has 0 aliphatic heterocycles. The van der Waals surface area contributed by atoms with Gasteiger partial charge in [0.15, 0.2) is 0 Å². The lowest BCUT2D eigenvalue weighted by Crippen LogP contribution is -2.12. The Morgan fingerprint density at radius 2 is 1.94 bits per heavy atom. The Morgan fingerprint density at radius 1 is 1.38 bits per heavy atom. The second-order valence-corrected chi connectivity index (χ2v) is 8.68. The first-order valence-corrected chi connectivity index (χ1v) is 7.49. The van der Waals surface area contributed by atoms with Gasteiger partial charge in [-0.1, -0.05) is 60.7 Å². The summed E-state index contributed by atoms with van der Waals surface area (Å²) in [5, 5.41) is 0. The molecule has 1 aliphatic carbocycles. The summed E-state index contributed by atoms with van der Waals surface area (Å²) in [4.78, 5) is 0. The zero-order valence-electron chi connectivity index (χ0n) is 10.8. The summed E-state index contributed by atoms with van der Waals surface area (Å²) < 4.78 is 0.443. The first-order valence-electron chi connectivity index (χ1n) is 6.42. The maximum absolute atomic E-state index is 4.29. The predicted molar refractivity (Wildman–Crippen MR) is 82.2 cm³/mol. The van der Waals surface area contributed by atoms with E-state index >= 15 is 0 Å². The van der Waals surface area contributed by atoms with Crippen molar-refractivity contribution in [2.24, 2.45) is 5.92 Å². The minimum Gasteiger partial charge on any atom is -0.0999 e. The van der Waals surface area contributed by atoms with Gasteiger partial charge in [-0.05, 0) is 50.9 Å². The smallest absolute Gasteiger partial charge is 0.0166 e. The van der Waals surface area contributed by atoms with Gasteiger partial charge in [-0.25, -0.2) is 0 Å². The van der Waals surface area contributed by atoms with E-state index in [0.29, 0.717) is 3.42 Å². The lowest BCUT2D eigenvalue weighted by molar-refractivity contribution is 0.449. The third-order valence-corrected chi connectivity index (χ3v) is 4.08. The van der Waals surface area contributed by atoms with Crippen LogP contribution in [0.2, 0.25) is 0 Å². The molecular formula is C15H25I. The number of rotatable bonds is 5. The Labute approximate surface area is 115 Å². The van der Waals surface area contributed by atoms with Gasteiger partial charge in [0.1, 0.15) is 0 Å². The summed E-state index contributed by atoms with van der Waals surface area (Å²) in [5.41, 5.74) is 2.94. The first-order chi connectivity index (χ1) is 7.38. The molecule has 0 aromatic carbocycles. The van der Waals surface area contributed by atoms with Crippen LogP contribution in [0.15, 0.2) is 24.3 Å². The van der Waals surface area contributed by atoms with Crippen LogP contribution in [-0.4, -0.2) is 3.42 Å².